The van der Waals surface area contributed by atoms with E-state index in [1.165, 1.54) is 0 Å². The third-order valence-corrected chi connectivity index (χ3v) is 5.15. The summed E-state index contributed by atoms with van der Waals surface area (Å²) < 4.78 is 5.07. The largest absolute Gasteiger partial charge is 0.463 e. The smallest absolute Gasteiger partial charge is 0.337 e. The second-order valence-corrected chi connectivity index (χ2v) is 6.88. The summed E-state index contributed by atoms with van der Waals surface area (Å²) in [5, 5.41) is 7.92. The number of esters is 1. The molecular formula is C20H24N4O5. The van der Waals surface area contributed by atoms with Crippen LogP contribution in [0.15, 0.2) is 41.6 Å². The summed E-state index contributed by atoms with van der Waals surface area (Å²) in [7, 11) is 0. The summed E-state index contributed by atoms with van der Waals surface area (Å²) >= 11 is 0. The summed E-state index contributed by atoms with van der Waals surface area (Å²) in [6.45, 7) is 5.03. The number of hydrogen-bond donors (Lipinski definition) is 3. The number of imide groups is 1. The molecule has 2 aliphatic heterocycles. The van der Waals surface area contributed by atoms with E-state index in [4.69, 9.17) is 4.74 Å². The summed E-state index contributed by atoms with van der Waals surface area (Å²) in [6, 6.07) is 7.26. The van der Waals surface area contributed by atoms with E-state index in [0.717, 1.165) is 4.90 Å². The normalized spacial score (nSPS) is 24.2. The van der Waals surface area contributed by atoms with Crippen molar-refractivity contribution in [2.24, 2.45) is 0 Å². The zero-order valence-electron chi connectivity index (χ0n) is 16.6. The van der Waals surface area contributed by atoms with Gasteiger partial charge in [0.1, 0.15) is 5.54 Å². The Balaban J connectivity index is 1.97. The highest BCUT2D eigenvalue weighted by Crippen LogP contribution is 2.33. The fourth-order valence-corrected chi connectivity index (χ4v) is 3.69. The van der Waals surface area contributed by atoms with Crippen LogP contribution in [0.5, 0.6) is 0 Å². The summed E-state index contributed by atoms with van der Waals surface area (Å²) in [5.74, 6) is -1.05. The Morgan fingerprint density at radius 2 is 1.86 bits per heavy atom. The standard InChI is InChI=1S/C20H24N4O5/c1-4-20(13-9-7-6-8-10-13)17(26)24(19(28)23-20)11-14-15(16(25)29-5-2)12(3)21-18(27)22-14/h6-10,12H,4-5,11H2,1-3H3,(H,23,28)(H2,21,22,27)/t12-,20+/m0/s1. The number of carbonyl (C=O) groups is 4. The molecule has 0 bridgehead atoms. The molecule has 1 fully saturated rings. The Morgan fingerprint density at radius 1 is 1.17 bits per heavy atom. The third kappa shape index (κ3) is 3.55. The average molecular weight is 400 g/mol. The van der Waals surface area contributed by atoms with Crippen molar-refractivity contribution in [1.29, 1.82) is 0 Å². The van der Waals surface area contributed by atoms with Crippen molar-refractivity contribution >= 4 is 23.9 Å². The average Bonchev–Trinajstić information content (AvgIpc) is 2.93. The molecule has 2 heterocycles. The molecule has 1 saturated heterocycles. The maximum Gasteiger partial charge on any atom is 0.337 e. The molecule has 3 N–H and O–H groups in total. The minimum Gasteiger partial charge on any atom is -0.463 e. The van der Waals surface area contributed by atoms with Gasteiger partial charge >= 0.3 is 18.0 Å². The SMILES string of the molecule is CCOC(=O)C1=C(CN2C(=O)N[C@](CC)(c3ccccc3)C2=O)NC(=O)N[C@H]1C. The lowest BCUT2D eigenvalue weighted by molar-refractivity contribution is -0.139. The highest BCUT2D eigenvalue weighted by atomic mass is 16.5. The van der Waals surface area contributed by atoms with E-state index < -0.39 is 35.5 Å². The summed E-state index contributed by atoms with van der Waals surface area (Å²) in [4.78, 5) is 51.3. The molecule has 0 aliphatic carbocycles. The first-order chi connectivity index (χ1) is 13.8. The molecule has 0 spiro atoms. The van der Waals surface area contributed by atoms with E-state index >= 15 is 0 Å². The predicted octanol–water partition coefficient (Wildman–Crippen LogP) is 1.36. The molecule has 29 heavy (non-hydrogen) atoms. The molecule has 5 amide bonds. The zero-order valence-corrected chi connectivity index (χ0v) is 16.6. The molecule has 1 aromatic rings. The molecular weight excluding hydrogens is 376 g/mol. The number of hydrogen-bond acceptors (Lipinski definition) is 5. The monoisotopic (exact) mass is 400 g/mol. The molecule has 2 aliphatic rings. The van der Waals surface area contributed by atoms with Crippen molar-refractivity contribution in [2.75, 3.05) is 13.2 Å². The second-order valence-electron chi connectivity index (χ2n) is 6.88. The Kier molecular flexibility index (Phi) is 5.58. The number of nitrogens with one attached hydrogen (secondary N) is 3. The Morgan fingerprint density at radius 3 is 2.48 bits per heavy atom. The van der Waals surface area contributed by atoms with Crippen molar-refractivity contribution in [3.8, 4) is 0 Å². The Bertz CT molecular complexity index is 882. The van der Waals surface area contributed by atoms with Gasteiger partial charge in [0, 0.05) is 0 Å². The number of urea groups is 2. The van der Waals surface area contributed by atoms with E-state index in [1.807, 2.05) is 13.0 Å². The van der Waals surface area contributed by atoms with Gasteiger partial charge in [0.05, 0.1) is 30.5 Å². The second kappa shape index (κ2) is 7.94. The number of carbonyl (C=O) groups excluding carboxylic acids is 4. The topological polar surface area (TPSA) is 117 Å². The van der Waals surface area contributed by atoms with Crippen LogP contribution in [0.25, 0.3) is 0 Å². The van der Waals surface area contributed by atoms with Crippen LogP contribution in [0.1, 0.15) is 32.8 Å². The first-order valence-corrected chi connectivity index (χ1v) is 9.51. The highest BCUT2D eigenvalue weighted by molar-refractivity contribution is 6.08. The minimum absolute atomic E-state index is 0.159. The van der Waals surface area contributed by atoms with Gasteiger partial charge in [-0.2, -0.15) is 0 Å². The molecule has 9 heteroatoms. The fourth-order valence-electron chi connectivity index (χ4n) is 3.69. The molecule has 0 aromatic heterocycles. The molecule has 9 nitrogen and oxygen atoms in total. The maximum absolute atomic E-state index is 13.3. The van der Waals surface area contributed by atoms with Crippen molar-refractivity contribution in [2.45, 2.75) is 38.8 Å². The molecule has 0 saturated carbocycles. The third-order valence-electron chi connectivity index (χ3n) is 5.15. The lowest BCUT2D eigenvalue weighted by atomic mass is 9.87. The van der Waals surface area contributed by atoms with E-state index in [-0.39, 0.29) is 24.4 Å². The Hall–Kier alpha value is -3.36. The van der Waals surface area contributed by atoms with Crippen molar-refractivity contribution < 1.29 is 23.9 Å². The maximum atomic E-state index is 13.3. The number of amides is 5. The van der Waals surface area contributed by atoms with Crippen LogP contribution >= 0.6 is 0 Å². The van der Waals surface area contributed by atoms with Gasteiger partial charge < -0.3 is 20.7 Å². The van der Waals surface area contributed by atoms with Crippen LogP contribution in [0.3, 0.4) is 0 Å². The lowest BCUT2D eigenvalue weighted by Crippen LogP contribution is -2.52. The molecule has 0 radical (unpaired) electrons. The van der Waals surface area contributed by atoms with Crippen molar-refractivity contribution in [3.63, 3.8) is 0 Å². The van der Waals surface area contributed by atoms with Crippen LogP contribution in [-0.2, 0) is 19.9 Å². The number of ether oxygens (including phenoxy) is 1. The van der Waals surface area contributed by atoms with Crippen LogP contribution < -0.4 is 16.0 Å². The number of nitrogens with zero attached hydrogens (tertiary/aromatic N) is 1. The van der Waals surface area contributed by atoms with E-state index in [0.29, 0.717) is 12.0 Å². The van der Waals surface area contributed by atoms with Gasteiger partial charge in [-0.3, -0.25) is 9.69 Å². The predicted molar refractivity (Wildman–Crippen MR) is 103 cm³/mol. The van der Waals surface area contributed by atoms with Gasteiger partial charge in [-0.15, -0.1) is 0 Å². The van der Waals surface area contributed by atoms with Gasteiger partial charge in [0.25, 0.3) is 5.91 Å². The highest BCUT2D eigenvalue weighted by Gasteiger charge is 2.51. The van der Waals surface area contributed by atoms with E-state index in [2.05, 4.69) is 16.0 Å². The number of benzene rings is 1. The van der Waals surface area contributed by atoms with Gasteiger partial charge in [-0.25, -0.2) is 14.4 Å². The first kappa shape index (κ1) is 20.4. The summed E-state index contributed by atoms with van der Waals surface area (Å²) in [6.07, 6.45) is 0.353. The van der Waals surface area contributed by atoms with Crippen LogP contribution in [-0.4, -0.2) is 48.0 Å². The molecule has 3 rings (SSSR count). The van der Waals surface area contributed by atoms with Crippen molar-refractivity contribution in [1.82, 2.24) is 20.9 Å². The van der Waals surface area contributed by atoms with Gasteiger partial charge in [0.2, 0.25) is 0 Å². The zero-order chi connectivity index (χ0) is 21.2. The summed E-state index contributed by atoms with van der Waals surface area (Å²) in [5.41, 5.74) is -0.166. The number of rotatable bonds is 6. The fraction of sp³-hybridized carbons (Fsp3) is 0.400. The lowest BCUT2D eigenvalue weighted by Gasteiger charge is -2.29. The van der Waals surface area contributed by atoms with E-state index in [9.17, 15) is 19.2 Å². The van der Waals surface area contributed by atoms with Gasteiger partial charge in [-0.05, 0) is 25.8 Å². The van der Waals surface area contributed by atoms with Crippen LogP contribution in [0, 0.1) is 0 Å². The molecule has 0 unspecified atom stereocenters. The van der Waals surface area contributed by atoms with E-state index in [1.54, 1.807) is 38.1 Å². The van der Waals surface area contributed by atoms with Gasteiger partial charge in [0.15, 0.2) is 0 Å². The molecule has 1 aromatic carbocycles. The molecule has 154 valence electrons. The quantitative estimate of drug-likeness (QED) is 0.492. The van der Waals surface area contributed by atoms with Crippen molar-refractivity contribution in [3.05, 3.63) is 47.2 Å². The van der Waals surface area contributed by atoms with Crippen LogP contribution in [0.4, 0.5) is 9.59 Å². The Labute approximate surface area is 168 Å². The van der Waals surface area contributed by atoms with Crippen LogP contribution in [0.2, 0.25) is 0 Å². The molecule has 2 atom stereocenters. The van der Waals surface area contributed by atoms with Gasteiger partial charge in [-0.1, -0.05) is 37.3 Å². The minimum atomic E-state index is -1.19. The first-order valence-electron chi connectivity index (χ1n) is 9.51.